The fourth-order valence-electron chi connectivity index (χ4n) is 4.87. The molecule has 2 aliphatic rings. The van der Waals surface area contributed by atoms with Gasteiger partial charge in [-0.05, 0) is 72.9 Å². The number of nitrogens with one attached hydrogen (secondary N) is 1. The summed E-state index contributed by atoms with van der Waals surface area (Å²) in [6, 6.07) is 19.1. The van der Waals surface area contributed by atoms with Gasteiger partial charge in [0.25, 0.3) is 0 Å². The first-order chi connectivity index (χ1) is 16.1. The molecule has 2 heterocycles. The van der Waals surface area contributed by atoms with Crippen LogP contribution in [0.2, 0.25) is 0 Å². The number of carbonyl (C=O) groups excluding carboxylic acids is 2. The highest BCUT2D eigenvalue weighted by Gasteiger charge is 2.54. The molecule has 4 nitrogen and oxygen atoms in total. The zero-order valence-electron chi connectivity index (χ0n) is 20.2. The Balaban J connectivity index is 1.56. The summed E-state index contributed by atoms with van der Waals surface area (Å²) in [5.74, 6) is 0.572. The van der Waals surface area contributed by atoms with Gasteiger partial charge in [-0.25, -0.2) is 0 Å². The molecule has 1 atom stereocenters. The maximum Gasteiger partial charge on any atom is 0.209 e. The highest BCUT2D eigenvalue weighted by atomic mass is 16.5. The molecule has 1 spiro atoms. The Morgan fingerprint density at radius 2 is 1.71 bits per heavy atom. The summed E-state index contributed by atoms with van der Waals surface area (Å²) in [6.45, 7) is 10.6. The van der Waals surface area contributed by atoms with E-state index < -0.39 is 11.1 Å². The van der Waals surface area contributed by atoms with E-state index in [1.165, 1.54) is 0 Å². The van der Waals surface area contributed by atoms with Crippen molar-refractivity contribution in [2.45, 2.75) is 51.2 Å². The van der Waals surface area contributed by atoms with Crippen LogP contribution in [0.5, 0.6) is 5.75 Å². The Labute approximate surface area is 200 Å². The van der Waals surface area contributed by atoms with Gasteiger partial charge in [0, 0.05) is 22.4 Å². The summed E-state index contributed by atoms with van der Waals surface area (Å²) in [4.78, 5) is 25.1. The second kappa shape index (κ2) is 7.42. The second-order valence-corrected chi connectivity index (χ2v) is 10.7. The van der Waals surface area contributed by atoms with E-state index in [9.17, 15) is 9.59 Å². The summed E-state index contributed by atoms with van der Waals surface area (Å²) in [7, 11) is 0. The standard InChI is InChI=1S/C30H29NO3/c1-28(2,3)23-15-21-13-14-30(34-27(21)22(16-23)18-32)29(4,5)24-17-20(11-12-25(24)31-30)26(33)19-9-7-6-8-10-19/h6-18,31H,1-5H3. The van der Waals surface area contributed by atoms with E-state index >= 15 is 0 Å². The van der Waals surface area contributed by atoms with E-state index in [0.29, 0.717) is 22.4 Å². The first kappa shape index (κ1) is 22.1. The van der Waals surface area contributed by atoms with Crippen LogP contribution in [0.1, 0.15) is 77.6 Å². The molecule has 0 saturated carbocycles. The van der Waals surface area contributed by atoms with Crippen LogP contribution in [0.4, 0.5) is 5.69 Å². The number of carbonyl (C=O) groups is 2. The van der Waals surface area contributed by atoms with Crippen molar-refractivity contribution in [1.29, 1.82) is 0 Å². The summed E-state index contributed by atoms with van der Waals surface area (Å²) in [6.07, 6.45) is 4.94. The number of rotatable bonds is 3. The lowest BCUT2D eigenvalue weighted by molar-refractivity contribution is 0.0803. The molecule has 3 aromatic carbocycles. The molecule has 0 radical (unpaired) electrons. The second-order valence-electron chi connectivity index (χ2n) is 10.7. The lowest BCUT2D eigenvalue weighted by Gasteiger charge is -2.42. The third-order valence-electron chi connectivity index (χ3n) is 7.14. The molecule has 0 aromatic heterocycles. The van der Waals surface area contributed by atoms with Gasteiger partial charge in [-0.1, -0.05) is 51.1 Å². The maximum absolute atomic E-state index is 13.1. The molecule has 1 N–H and O–H groups in total. The van der Waals surface area contributed by atoms with Crippen molar-refractivity contribution in [1.82, 2.24) is 0 Å². The van der Waals surface area contributed by atoms with Crippen molar-refractivity contribution < 1.29 is 14.3 Å². The molecular weight excluding hydrogens is 422 g/mol. The number of ketones is 1. The van der Waals surface area contributed by atoms with Gasteiger partial charge in [-0.2, -0.15) is 0 Å². The topological polar surface area (TPSA) is 55.4 Å². The van der Waals surface area contributed by atoms with Crippen molar-refractivity contribution in [2.24, 2.45) is 0 Å². The van der Waals surface area contributed by atoms with Gasteiger partial charge in [-0.15, -0.1) is 0 Å². The van der Waals surface area contributed by atoms with E-state index in [4.69, 9.17) is 4.74 Å². The lowest BCUT2D eigenvalue weighted by atomic mass is 9.75. The van der Waals surface area contributed by atoms with E-state index in [1.807, 2.05) is 66.7 Å². The summed E-state index contributed by atoms with van der Waals surface area (Å²) >= 11 is 0. The van der Waals surface area contributed by atoms with Crippen molar-refractivity contribution in [3.8, 4) is 5.75 Å². The van der Waals surface area contributed by atoms with E-state index in [0.717, 1.165) is 28.7 Å². The first-order valence-electron chi connectivity index (χ1n) is 11.6. The molecule has 0 fully saturated rings. The predicted molar refractivity (Wildman–Crippen MR) is 136 cm³/mol. The smallest absolute Gasteiger partial charge is 0.209 e. The normalized spacial score (nSPS) is 19.7. The molecule has 0 saturated heterocycles. The molecule has 0 bridgehead atoms. The van der Waals surface area contributed by atoms with Crippen LogP contribution >= 0.6 is 0 Å². The number of hydrogen-bond donors (Lipinski definition) is 1. The molecule has 2 aliphatic heterocycles. The molecule has 1 unspecified atom stereocenters. The molecule has 5 rings (SSSR count). The predicted octanol–water partition coefficient (Wildman–Crippen LogP) is 6.53. The average molecular weight is 452 g/mol. The Morgan fingerprint density at radius 3 is 2.38 bits per heavy atom. The highest BCUT2D eigenvalue weighted by Crippen LogP contribution is 2.52. The number of ether oxygens (including phenoxy) is 1. The molecule has 0 aliphatic carbocycles. The fraction of sp³-hybridized carbons (Fsp3) is 0.267. The van der Waals surface area contributed by atoms with Gasteiger partial charge in [-0.3, -0.25) is 9.59 Å². The van der Waals surface area contributed by atoms with E-state index in [-0.39, 0.29) is 11.2 Å². The third kappa shape index (κ3) is 3.28. The molecule has 4 heteroatoms. The van der Waals surface area contributed by atoms with Crippen LogP contribution in [-0.2, 0) is 10.8 Å². The van der Waals surface area contributed by atoms with Crippen molar-refractivity contribution in [3.63, 3.8) is 0 Å². The average Bonchev–Trinajstić information content (AvgIpc) is 3.03. The quantitative estimate of drug-likeness (QED) is 0.363. The highest BCUT2D eigenvalue weighted by molar-refractivity contribution is 6.09. The Bertz CT molecular complexity index is 1350. The maximum atomic E-state index is 13.1. The SMILES string of the molecule is CC(C)(C)c1cc(C=O)c2c(c1)C=CC1(Nc3ccc(C(=O)c4ccccc4)cc3C1(C)C)O2. The van der Waals surface area contributed by atoms with Gasteiger partial charge in [0.15, 0.2) is 12.1 Å². The summed E-state index contributed by atoms with van der Waals surface area (Å²) < 4.78 is 6.64. The minimum Gasteiger partial charge on any atom is -0.462 e. The van der Waals surface area contributed by atoms with Gasteiger partial charge < -0.3 is 10.1 Å². The van der Waals surface area contributed by atoms with Crippen molar-refractivity contribution in [3.05, 3.63) is 100 Å². The van der Waals surface area contributed by atoms with Crippen molar-refractivity contribution >= 4 is 23.8 Å². The minimum absolute atomic E-state index is 0.0106. The van der Waals surface area contributed by atoms with Crippen LogP contribution in [-0.4, -0.2) is 17.8 Å². The number of anilines is 1. The van der Waals surface area contributed by atoms with E-state index in [1.54, 1.807) is 0 Å². The van der Waals surface area contributed by atoms with Gasteiger partial charge in [0.2, 0.25) is 5.72 Å². The minimum atomic E-state index is -0.877. The van der Waals surface area contributed by atoms with Crippen LogP contribution in [0.15, 0.2) is 66.7 Å². The Morgan fingerprint density at radius 1 is 0.971 bits per heavy atom. The zero-order chi connectivity index (χ0) is 24.3. The molecule has 0 amide bonds. The molecular formula is C30H29NO3. The lowest BCUT2D eigenvalue weighted by Crippen LogP contribution is -2.53. The fourth-order valence-corrected chi connectivity index (χ4v) is 4.87. The summed E-state index contributed by atoms with van der Waals surface area (Å²) in [5.41, 5.74) is 4.28. The van der Waals surface area contributed by atoms with Crippen LogP contribution in [0.3, 0.4) is 0 Å². The molecule has 3 aromatic rings. The monoisotopic (exact) mass is 451 g/mol. The number of aldehydes is 1. The Hall–Kier alpha value is -3.66. The van der Waals surface area contributed by atoms with Gasteiger partial charge in [0.05, 0.1) is 11.0 Å². The zero-order valence-corrected chi connectivity index (χ0v) is 20.2. The molecule has 34 heavy (non-hydrogen) atoms. The van der Waals surface area contributed by atoms with Gasteiger partial charge >= 0.3 is 0 Å². The summed E-state index contributed by atoms with van der Waals surface area (Å²) in [5, 5.41) is 3.55. The first-order valence-corrected chi connectivity index (χ1v) is 11.6. The van der Waals surface area contributed by atoms with Gasteiger partial charge in [0.1, 0.15) is 5.75 Å². The number of fused-ring (bicyclic) bond motifs is 2. The Kier molecular flexibility index (Phi) is 4.84. The molecule has 172 valence electrons. The van der Waals surface area contributed by atoms with Crippen LogP contribution in [0, 0.1) is 0 Å². The van der Waals surface area contributed by atoms with Crippen molar-refractivity contribution in [2.75, 3.05) is 5.32 Å². The number of benzene rings is 3. The third-order valence-corrected chi connectivity index (χ3v) is 7.14. The largest absolute Gasteiger partial charge is 0.462 e. The van der Waals surface area contributed by atoms with E-state index in [2.05, 4.69) is 46.0 Å². The number of hydrogen-bond acceptors (Lipinski definition) is 4. The van der Waals surface area contributed by atoms with Crippen LogP contribution in [0.25, 0.3) is 6.08 Å². The van der Waals surface area contributed by atoms with Crippen LogP contribution < -0.4 is 10.1 Å².